The highest BCUT2D eigenvalue weighted by Gasteiger charge is 2.49. The Morgan fingerprint density at radius 3 is 1.21 bits per heavy atom. The molecule has 3 aliphatic carbocycles. The molecule has 18 nitrogen and oxygen atoms in total. The molecule has 2 heterocycles. The van der Waals surface area contributed by atoms with Crippen LogP contribution in [0.15, 0.2) is 48.5 Å². The lowest BCUT2D eigenvalue weighted by molar-refractivity contribution is -0.144. The van der Waals surface area contributed by atoms with Crippen LogP contribution in [0.4, 0.5) is 0 Å². The minimum atomic E-state index is -0.987. The fourth-order valence-corrected chi connectivity index (χ4v) is 12.0. The summed E-state index contributed by atoms with van der Waals surface area (Å²) in [5, 5.41) is 24.6. The average molecular weight is 1120 g/mol. The fourth-order valence-electron chi connectivity index (χ4n) is 12.0. The van der Waals surface area contributed by atoms with Crippen LogP contribution in [-0.2, 0) is 51.2 Å². The Bertz CT molecular complexity index is 2320. The molecule has 20 heteroatoms. The highest BCUT2D eigenvalue weighted by atomic mass is 35.5. The van der Waals surface area contributed by atoms with Crippen molar-refractivity contribution in [3.05, 3.63) is 70.8 Å². The summed E-state index contributed by atoms with van der Waals surface area (Å²) in [5.74, 6) is -4.42. The number of nitrogens with one attached hydrogen (secondary N) is 8. The van der Waals surface area contributed by atoms with Crippen molar-refractivity contribution >= 4 is 72.1 Å². The Hall–Kier alpha value is -5.30. The van der Waals surface area contributed by atoms with E-state index in [1.54, 1.807) is 27.9 Å². The van der Waals surface area contributed by atoms with E-state index in [0.717, 1.165) is 49.7 Å². The van der Waals surface area contributed by atoms with Gasteiger partial charge in [0.1, 0.15) is 24.2 Å². The molecule has 3 fully saturated rings. The lowest BCUT2D eigenvalue weighted by atomic mass is 9.78. The molecule has 0 radical (unpaired) electrons. The fraction of sp³-hybridized carbons (Fsp3) is 0.655. The molecule has 0 spiro atoms. The van der Waals surface area contributed by atoms with Crippen molar-refractivity contribution in [3.8, 4) is 0 Å². The van der Waals surface area contributed by atoms with E-state index in [9.17, 15) is 38.4 Å². The number of halogens is 2. The van der Waals surface area contributed by atoms with Crippen molar-refractivity contribution in [2.75, 3.05) is 27.2 Å². The number of hydrogen-bond acceptors (Lipinski definition) is 10. The van der Waals surface area contributed by atoms with Crippen LogP contribution < -0.4 is 42.5 Å². The number of likely N-dealkylation sites (N-methyl/N-ethyl adjacent to an activating group) is 2. The smallest absolute Gasteiger partial charge is 0.246 e. The minimum absolute atomic E-state index is 0. The Labute approximate surface area is 474 Å². The second-order valence-corrected chi connectivity index (χ2v) is 24.3. The van der Waals surface area contributed by atoms with Gasteiger partial charge in [0.05, 0.1) is 24.2 Å². The van der Waals surface area contributed by atoms with Gasteiger partial charge in [0.25, 0.3) is 0 Å². The first-order valence-corrected chi connectivity index (χ1v) is 27.9. The number of rotatable bonds is 16. The van der Waals surface area contributed by atoms with Crippen molar-refractivity contribution in [1.29, 1.82) is 0 Å². The first-order valence-electron chi connectivity index (χ1n) is 27.9. The molecule has 2 aliphatic heterocycles. The molecule has 8 N–H and O–H groups in total. The molecule has 432 valence electrons. The van der Waals surface area contributed by atoms with Crippen molar-refractivity contribution in [2.24, 2.45) is 22.7 Å². The van der Waals surface area contributed by atoms with Crippen LogP contribution in [0.1, 0.15) is 154 Å². The van der Waals surface area contributed by atoms with Gasteiger partial charge in [-0.05, 0) is 125 Å². The second-order valence-electron chi connectivity index (χ2n) is 24.3. The maximum Gasteiger partial charge on any atom is 0.246 e. The molecule has 4 unspecified atom stereocenters. The van der Waals surface area contributed by atoms with Crippen LogP contribution in [0.25, 0.3) is 0 Å². The predicted octanol–water partition coefficient (Wildman–Crippen LogP) is 4.47. The molecule has 2 aromatic rings. The van der Waals surface area contributed by atoms with Crippen LogP contribution in [0.3, 0.4) is 0 Å². The number of fused-ring (bicyclic) bond motifs is 2. The third kappa shape index (κ3) is 14.9. The zero-order valence-electron chi connectivity index (χ0n) is 47.4. The van der Waals surface area contributed by atoms with Gasteiger partial charge in [-0.1, -0.05) is 103 Å². The molecular formula is C58H88Cl2N10O8. The number of carbonyl (C=O) groups is 8. The van der Waals surface area contributed by atoms with Crippen LogP contribution >= 0.6 is 24.8 Å². The van der Waals surface area contributed by atoms with Gasteiger partial charge in [-0.15, -0.1) is 24.8 Å². The third-order valence-corrected chi connectivity index (χ3v) is 16.7. The Morgan fingerprint density at radius 1 is 0.500 bits per heavy atom. The van der Waals surface area contributed by atoms with Crippen LogP contribution in [-0.4, -0.2) is 133 Å². The molecule has 1 saturated carbocycles. The maximum absolute atomic E-state index is 14.8. The summed E-state index contributed by atoms with van der Waals surface area (Å²) < 4.78 is 0. The molecule has 0 bridgehead atoms. The lowest BCUT2D eigenvalue weighted by Crippen LogP contribution is -2.59. The van der Waals surface area contributed by atoms with Gasteiger partial charge in [0.2, 0.25) is 47.3 Å². The van der Waals surface area contributed by atoms with E-state index in [2.05, 4.69) is 54.7 Å². The quantitative estimate of drug-likeness (QED) is 0.117. The zero-order valence-corrected chi connectivity index (χ0v) is 49.1. The molecule has 7 rings (SSSR count). The number of amides is 8. The van der Waals surface area contributed by atoms with Gasteiger partial charge in [-0.3, -0.25) is 38.4 Å². The summed E-state index contributed by atoms with van der Waals surface area (Å²) in [4.78, 5) is 118. The van der Waals surface area contributed by atoms with Gasteiger partial charge in [-0.25, -0.2) is 0 Å². The van der Waals surface area contributed by atoms with E-state index in [0.29, 0.717) is 25.7 Å². The molecule has 2 aromatic carbocycles. The van der Waals surface area contributed by atoms with Gasteiger partial charge in [-0.2, -0.15) is 0 Å². The van der Waals surface area contributed by atoms with E-state index < -0.39 is 82.8 Å². The van der Waals surface area contributed by atoms with E-state index in [1.807, 2.05) is 77.9 Å². The highest BCUT2D eigenvalue weighted by Crippen LogP contribution is 2.36. The maximum atomic E-state index is 14.8. The average Bonchev–Trinajstić information content (AvgIpc) is 4.05. The minimum Gasteiger partial charge on any atom is -0.351 e. The van der Waals surface area contributed by atoms with Gasteiger partial charge < -0.3 is 52.3 Å². The van der Waals surface area contributed by atoms with E-state index >= 15 is 0 Å². The first kappa shape index (κ1) is 63.5. The number of carbonyl (C=O) groups excluding carboxylic acids is 8. The van der Waals surface area contributed by atoms with Crippen molar-refractivity contribution in [2.45, 2.75) is 193 Å². The van der Waals surface area contributed by atoms with Gasteiger partial charge >= 0.3 is 0 Å². The van der Waals surface area contributed by atoms with E-state index in [-0.39, 0.29) is 98.3 Å². The normalized spacial score (nSPS) is 25.4. The molecule has 0 aromatic heterocycles. The first-order chi connectivity index (χ1) is 36.0. The Balaban J connectivity index is 0.00000560. The summed E-state index contributed by atoms with van der Waals surface area (Å²) in [7, 11) is 3.32. The summed E-state index contributed by atoms with van der Waals surface area (Å²) in [6.45, 7) is 14.6. The van der Waals surface area contributed by atoms with Gasteiger partial charge in [0, 0.05) is 37.0 Å². The van der Waals surface area contributed by atoms with Crippen molar-refractivity contribution in [1.82, 2.24) is 52.3 Å². The molecule has 2 saturated heterocycles. The molecule has 8 amide bonds. The van der Waals surface area contributed by atoms with Crippen molar-refractivity contribution < 1.29 is 38.4 Å². The summed E-state index contributed by atoms with van der Waals surface area (Å²) in [5.41, 5.74) is 2.95. The lowest BCUT2D eigenvalue weighted by Gasteiger charge is -2.36. The summed E-state index contributed by atoms with van der Waals surface area (Å²) >= 11 is 0. The number of nitrogens with zero attached hydrogens (tertiary/aromatic N) is 2. The highest BCUT2D eigenvalue weighted by molar-refractivity contribution is 5.96. The number of benzene rings is 2. The van der Waals surface area contributed by atoms with Crippen LogP contribution in [0.5, 0.6) is 0 Å². The van der Waals surface area contributed by atoms with Crippen molar-refractivity contribution in [3.63, 3.8) is 0 Å². The molecule has 12 atom stereocenters. The summed E-state index contributed by atoms with van der Waals surface area (Å²) in [6.07, 6.45) is 7.64. The monoisotopic (exact) mass is 1120 g/mol. The Morgan fingerprint density at radius 2 is 0.859 bits per heavy atom. The van der Waals surface area contributed by atoms with E-state index in [1.165, 1.54) is 20.9 Å². The Kier molecular flexibility index (Phi) is 22.2. The van der Waals surface area contributed by atoms with Gasteiger partial charge in [0.15, 0.2) is 0 Å². The number of likely N-dealkylation sites (tertiary alicyclic amines) is 2. The predicted molar refractivity (Wildman–Crippen MR) is 304 cm³/mol. The number of hydrogen-bond donors (Lipinski definition) is 8. The zero-order chi connectivity index (χ0) is 55.2. The number of aryl methyl sites for hydroxylation is 2. The SMILES string of the molecule is CN[C@@H](C)C(=O)NC(C(=O)N1C[C@@H](NC(=O)C2CCCCC2C(=O)N[C@H]2C[C@@H](C(=O)N[C@@H]3CCCc4ccccc43)N(C(=O)[C@@H](NC(=O)[C@H](C)NC)C(C)(C)C)C2)CC1C(=O)N[C@@H]1CCCc2ccccc21)C(C)(C)C.Cl.Cl. The molecule has 5 aliphatic rings. The third-order valence-electron chi connectivity index (χ3n) is 16.7. The largest absolute Gasteiger partial charge is 0.351 e. The van der Waals surface area contributed by atoms with Crippen LogP contribution in [0.2, 0.25) is 0 Å². The van der Waals surface area contributed by atoms with Crippen LogP contribution in [0, 0.1) is 22.7 Å². The second kappa shape index (κ2) is 27.2. The topological polar surface area (TPSA) is 239 Å². The standard InChI is InChI=1S/C58H86N10O8.2ClH/c1-33(59-9)49(69)65-47(57(3,4)5)55(75)67-31-37(29-45(67)53(73)63-43-27-17-21-35-19-11-13-23-39(35)43)61-51(71)41-25-15-16-26-42(41)52(72)62-38-30-46(54(74)64-44-28-18-22-36-20-12-14-24-40(36)44)68(32-38)56(76)48(58(6,7)8)66-50(70)34(2)60-10;;/h11-14,19-20,23-24,33-34,37-38,41-48,59-60H,15-18,21-22,25-32H2,1-10H3,(H,61,71)(H,62,72)(H,63,73)(H,64,74)(H,65,69)(H,66,70);2*1H/t33-,34-,37-,38-,41?,42?,43+,44+,45-,46?,47+,48?;;/m0../s1. The van der Waals surface area contributed by atoms with E-state index in [4.69, 9.17) is 0 Å². The molecular weight excluding hydrogens is 1040 g/mol. The molecule has 78 heavy (non-hydrogen) atoms. The summed E-state index contributed by atoms with van der Waals surface area (Å²) in [6, 6.07) is 9.26.